The number of nitrogens with zero attached hydrogens (tertiary/aromatic N) is 2. The van der Waals surface area contributed by atoms with Crippen molar-refractivity contribution in [1.82, 2.24) is 5.43 Å². The van der Waals surface area contributed by atoms with Crippen molar-refractivity contribution in [3.63, 3.8) is 0 Å². The molecule has 0 aromatic heterocycles. The normalized spacial score (nSPS) is 16.0. The molecule has 1 atom stereocenters. The van der Waals surface area contributed by atoms with E-state index in [2.05, 4.69) is 31.3 Å². The van der Waals surface area contributed by atoms with Crippen LogP contribution in [-0.2, 0) is 10.2 Å². The predicted octanol–water partition coefficient (Wildman–Crippen LogP) is 3.85. The number of nitro benzene ring substituents is 1. The van der Waals surface area contributed by atoms with E-state index in [1.165, 1.54) is 18.3 Å². The van der Waals surface area contributed by atoms with Crippen LogP contribution in [0.3, 0.4) is 0 Å². The van der Waals surface area contributed by atoms with E-state index in [-0.39, 0.29) is 17.7 Å². The first-order valence-electron chi connectivity index (χ1n) is 9.42. The maximum Gasteiger partial charge on any atom is 0.284 e. The number of allylic oxidation sites excluding steroid dienone is 1. The molecule has 0 fully saturated rings. The van der Waals surface area contributed by atoms with Gasteiger partial charge in [-0.05, 0) is 34.8 Å². The van der Waals surface area contributed by atoms with Crippen LogP contribution in [-0.4, -0.2) is 29.8 Å². The number of rotatable bonds is 5. The third-order valence-electron chi connectivity index (χ3n) is 4.47. The molecule has 1 N–H and O–H groups in total. The Labute approximate surface area is 174 Å². The van der Waals surface area contributed by atoms with Gasteiger partial charge in [0.05, 0.1) is 4.92 Å². The number of amides is 1. The summed E-state index contributed by atoms with van der Waals surface area (Å²) < 4.78 is 11.4. The molecule has 0 unspecified atom stereocenters. The van der Waals surface area contributed by atoms with Gasteiger partial charge in [-0.1, -0.05) is 45.0 Å². The molecule has 1 amide bonds. The summed E-state index contributed by atoms with van der Waals surface area (Å²) in [5.74, 6) is 0.709. The quantitative estimate of drug-likeness (QED) is 0.459. The van der Waals surface area contributed by atoms with E-state index in [9.17, 15) is 14.9 Å². The van der Waals surface area contributed by atoms with Crippen LogP contribution in [0.2, 0.25) is 0 Å². The second kappa shape index (κ2) is 8.77. The molecule has 0 saturated carbocycles. The largest absolute Gasteiger partial charge is 0.485 e. The summed E-state index contributed by atoms with van der Waals surface area (Å²) in [7, 11) is 0. The zero-order valence-electron chi connectivity index (χ0n) is 17.0. The number of nitro groups is 1. The highest BCUT2D eigenvalue weighted by Crippen LogP contribution is 2.36. The number of benzene rings is 2. The fourth-order valence-electron chi connectivity index (χ4n) is 2.78. The fourth-order valence-corrected chi connectivity index (χ4v) is 2.78. The SMILES string of the molecule is CC(C)(C)c1ccc2c(c1)O[C@H](C(=O)N/N=C/C=C/c1cccc([N+](=O)[O-])c1)CO2. The Morgan fingerprint density at radius 3 is 2.77 bits per heavy atom. The summed E-state index contributed by atoms with van der Waals surface area (Å²) in [6.07, 6.45) is 3.78. The van der Waals surface area contributed by atoms with Gasteiger partial charge in [0.15, 0.2) is 11.5 Å². The number of fused-ring (bicyclic) bond motifs is 1. The Bertz CT molecular complexity index is 1010. The van der Waals surface area contributed by atoms with Crippen LogP contribution in [0.1, 0.15) is 31.9 Å². The van der Waals surface area contributed by atoms with E-state index in [0.29, 0.717) is 17.1 Å². The molecule has 0 bridgehead atoms. The minimum atomic E-state index is -0.814. The van der Waals surface area contributed by atoms with Crippen LogP contribution in [0.4, 0.5) is 5.69 Å². The Kier molecular flexibility index (Phi) is 6.15. The van der Waals surface area contributed by atoms with Gasteiger partial charge in [-0.25, -0.2) is 5.43 Å². The zero-order chi connectivity index (χ0) is 21.7. The van der Waals surface area contributed by atoms with Crippen LogP contribution in [0.5, 0.6) is 11.5 Å². The lowest BCUT2D eigenvalue weighted by atomic mass is 9.87. The van der Waals surface area contributed by atoms with Crippen LogP contribution < -0.4 is 14.9 Å². The fraction of sp³-hybridized carbons (Fsp3) is 0.273. The Morgan fingerprint density at radius 2 is 2.03 bits per heavy atom. The first-order valence-corrected chi connectivity index (χ1v) is 9.42. The maximum atomic E-state index is 12.3. The van der Waals surface area contributed by atoms with Crippen molar-refractivity contribution in [3.05, 3.63) is 69.8 Å². The van der Waals surface area contributed by atoms with Crippen molar-refractivity contribution in [3.8, 4) is 11.5 Å². The molecule has 156 valence electrons. The molecule has 3 rings (SSSR count). The minimum Gasteiger partial charge on any atom is -0.485 e. The molecule has 2 aromatic carbocycles. The summed E-state index contributed by atoms with van der Waals surface area (Å²) in [4.78, 5) is 22.6. The third kappa shape index (κ3) is 5.22. The van der Waals surface area contributed by atoms with Crippen LogP contribution >= 0.6 is 0 Å². The Balaban J connectivity index is 1.57. The average molecular weight is 409 g/mol. The number of nitrogens with one attached hydrogen (secondary N) is 1. The minimum absolute atomic E-state index is 0.00624. The van der Waals surface area contributed by atoms with Gasteiger partial charge in [0.1, 0.15) is 6.61 Å². The highest BCUT2D eigenvalue weighted by Gasteiger charge is 2.28. The molecule has 1 heterocycles. The van der Waals surface area contributed by atoms with E-state index in [1.54, 1.807) is 24.3 Å². The summed E-state index contributed by atoms with van der Waals surface area (Å²) in [6, 6.07) is 11.9. The molecule has 8 heteroatoms. The predicted molar refractivity (Wildman–Crippen MR) is 114 cm³/mol. The van der Waals surface area contributed by atoms with Gasteiger partial charge in [-0.2, -0.15) is 5.10 Å². The lowest BCUT2D eigenvalue weighted by molar-refractivity contribution is -0.384. The van der Waals surface area contributed by atoms with Crippen molar-refractivity contribution in [2.75, 3.05) is 6.61 Å². The highest BCUT2D eigenvalue weighted by molar-refractivity contribution is 5.84. The van der Waals surface area contributed by atoms with Crippen molar-refractivity contribution in [2.45, 2.75) is 32.3 Å². The van der Waals surface area contributed by atoms with Crippen LogP contribution in [0.25, 0.3) is 6.08 Å². The molecule has 0 spiro atoms. The van der Waals surface area contributed by atoms with E-state index >= 15 is 0 Å². The number of non-ortho nitro benzene ring substituents is 1. The van der Waals surface area contributed by atoms with Crippen molar-refractivity contribution in [2.24, 2.45) is 5.10 Å². The Hall–Kier alpha value is -3.68. The highest BCUT2D eigenvalue weighted by atomic mass is 16.6. The number of carbonyl (C=O) groups is 1. The molecule has 0 aliphatic carbocycles. The summed E-state index contributed by atoms with van der Waals surface area (Å²) in [6.45, 7) is 6.38. The second-order valence-corrected chi connectivity index (χ2v) is 7.79. The van der Waals surface area contributed by atoms with Crippen LogP contribution in [0, 0.1) is 10.1 Å². The number of hydrazone groups is 1. The monoisotopic (exact) mass is 409 g/mol. The van der Waals surface area contributed by atoms with E-state index in [4.69, 9.17) is 9.47 Å². The van der Waals surface area contributed by atoms with E-state index in [1.807, 2.05) is 18.2 Å². The molecule has 2 aromatic rings. The number of carbonyl (C=O) groups excluding carboxylic acids is 1. The Morgan fingerprint density at radius 1 is 1.23 bits per heavy atom. The van der Waals surface area contributed by atoms with E-state index < -0.39 is 16.9 Å². The first kappa shape index (κ1) is 21.0. The van der Waals surface area contributed by atoms with Gasteiger partial charge in [0.2, 0.25) is 6.10 Å². The lowest BCUT2D eigenvalue weighted by Gasteiger charge is -2.27. The van der Waals surface area contributed by atoms with Gasteiger partial charge in [0.25, 0.3) is 11.6 Å². The molecule has 30 heavy (non-hydrogen) atoms. The smallest absolute Gasteiger partial charge is 0.284 e. The topological polar surface area (TPSA) is 103 Å². The van der Waals surface area contributed by atoms with Crippen LogP contribution in [0.15, 0.2) is 53.6 Å². The average Bonchev–Trinajstić information content (AvgIpc) is 2.72. The molecular weight excluding hydrogens is 386 g/mol. The molecule has 0 saturated heterocycles. The van der Waals surface area contributed by atoms with Gasteiger partial charge >= 0.3 is 0 Å². The summed E-state index contributed by atoms with van der Waals surface area (Å²) in [5.41, 5.74) is 4.09. The maximum absolute atomic E-state index is 12.3. The second-order valence-electron chi connectivity index (χ2n) is 7.79. The number of ether oxygens (including phenoxy) is 2. The van der Waals surface area contributed by atoms with E-state index in [0.717, 1.165) is 5.56 Å². The first-order chi connectivity index (χ1) is 14.2. The van der Waals surface area contributed by atoms with Crippen molar-refractivity contribution < 1.29 is 19.2 Å². The summed E-state index contributed by atoms with van der Waals surface area (Å²) >= 11 is 0. The van der Waals surface area contributed by atoms with Gasteiger partial charge < -0.3 is 9.47 Å². The number of hydrogen-bond donors (Lipinski definition) is 1. The molecular formula is C22H23N3O5. The number of hydrogen-bond acceptors (Lipinski definition) is 6. The standard InChI is InChI=1S/C22H23N3O5/c1-22(2,3)16-9-10-18-19(13-16)30-20(14-29-18)21(26)24-23-11-5-7-15-6-4-8-17(12-15)25(27)28/h4-13,20H,14H2,1-3H3,(H,24,26)/b7-5+,23-11+/t20-/m0/s1. The summed E-state index contributed by atoms with van der Waals surface area (Å²) in [5, 5.41) is 14.6. The van der Waals surface area contributed by atoms with Crippen molar-refractivity contribution >= 4 is 23.9 Å². The van der Waals surface area contributed by atoms with Gasteiger partial charge in [-0.15, -0.1) is 0 Å². The van der Waals surface area contributed by atoms with Gasteiger partial charge in [0, 0.05) is 18.3 Å². The van der Waals surface area contributed by atoms with Crippen molar-refractivity contribution in [1.29, 1.82) is 0 Å². The zero-order valence-corrected chi connectivity index (χ0v) is 17.0. The van der Waals surface area contributed by atoms with Gasteiger partial charge in [-0.3, -0.25) is 14.9 Å². The molecule has 8 nitrogen and oxygen atoms in total. The molecule has 1 aliphatic rings. The molecule has 0 radical (unpaired) electrons. The molecule has 1 aliphatic heterocycles. The lowest BCUT2D eigenvalue weighted by Crippen LogP contribution is -2.42. The third-order valence-corrected chi connectivity index (χ3v) is 4.47.